The number of hydrogen-bond acceptors (Lipinski definition) is 2. The maximum atomic E-state index is 12.9. The third kappa shape index (κ3) is 3.32. The lowest BCUT2D eigenvalue weighted by molar-refractivity contribution is -0.387. The fraction of sp³-hybridized carbons (Fsp3) is 0.200. The largest absolute Gasteiger partial charge is 0.305 e. The molecule has 0 saturated carbocycles. The molecule has 0 spiro atoms. The molecule has 0 aliphatic carbocycles. The number of rotatable bonds is 4. The highest BCUT2D eigenvalue weighted by Crippen LogP contribution is 2.19. The van der Waals surface area contributed by atoms with Gasteiger partial charge in [0, 0.05) is 11.9 Å². The molecule has 0 amide bonds. The second-order valence-electron chi connectivity index (χ2n) is 2.85. The zero-order valence-electron chi connectivity index (χ0n) is 7.82. The van der Waals surface area contributed by atoms with Crippen molar-refractivity contribution in [1.29, 1.82) is 0 Å². The van der Waals surface area contributed by atoms with Crippen LogP contribution in [0.5, 0.6) is 0 Å². The first-order valence-electron chi connectivity index (χ1n) is 4.31. The quantitative estimate of drug-likeness (QED) is 0.451. The average molecular weight is 230 g/mol. The van der Waals surface area contributed by atoms with Gasteiger partial charge in [-0.3, -0.25) is 10.1 Å². The van der Waals surface area contributed by atoms with Gasteiger partial charge in [0.2, 0.25) is 5.82 Å². The van der Waals surface area contributed by atoms with Crippen LogP contribution in [-0.4, -0.2) is 10.8 Å². The average Bonchev–Trinajstić information content (AvgIpc) is 2.20. The van der Waals surface area contributed by atoms with Crippen LogP contribution in [0.1, 0.15) is 12.0 Å². The Kier molecular flexibility index (Phi) is 4.24. The van der Waals surface area contributed by atoms with Gasteiger partial charge in [0.25, 0.3) is 0 Å². The van der Waals surface area contributed by atoms with E-state index in [-0.39, 0.29) is 0 Å². The Morgan fingerprint density at radius 2 is 2.27 bits per heavy atom. The first kappa shape index (κ1) is 11.7. The van der Waals surface area contributed by atoms with Crippen LogP contribution in [0.3, 0.4) is 0 Å². The maximum absolute atomic E-state index is 12.9. The van der Waals surface area contributed by atoms with Gasteiger partial charge in [-0.1, -0.05) is 18.2 Å². The lowest BCUT2D eigenvalue weighted by atomic mass is 10.2. The fourth-order valence-corrected chi connectivity index (χ4v) is 1.18. The molecule has 1 rings (SSSR count). The number of nitrogens with zero attached hydrogens (tertiary/aromatic N) is 1. The highest BCUT2D eigenvalue weighted by molar-refractivity contribution is 6.17. The molecular weight excluding hydrogens is 221 g/mol. The topological polar surface area (TPSA) is 43.1 Å². The predicted molar refractivity (Wildman–Crippen MR) is 57.4 cm³/mol. The van der Waals surface area contributed by atoms with E-state index in [4.69, 9.17) is 11.6 Å². The zero-order valence-corrected chi connectivity index (χ0v) is 8.58. The number of alkyl halides is 1. The number of nitro benzene ring substituents is 1. The van der Waals surface area contributed by atoms with Gasteiger partial charge in [0.15, 0.2) is 0 Å². The summed E-state index contributed by atoms with van der Waals surface area (Å²) in [7, 11) is 0. The summed E-state index contributed by atoms with van der Waals surface area (Å²) in [5.41, 5.74) is 0.0799. The van der Waals surface area contributed by atoms with Crippen LogP contribution in [0.4, 0.5) is 10.1 Å². The van der Waals surface area contributed by atoms with Crippen LogP contribution in [0, 0.1) is 15.9 Å². The van der Waals surface area contributed by atoms with Gasteiger partial charge in [-0.15, -0.1) is 11.6 Å². The molecule has 0 aliphatic rings. The molecule has 0 bridgehead atoms. The molecule has 0 aliphatic heterocycles. The van der Waals surface area contributed by atoms with Crippen LogP contribution < -0.4 is 0 Å². The third-order valence-electron chi connectivity index (χ3n) is 1.75. The summed E-state index contributed by atoms with van der Waals surface area (Å²) in [6.45, 7) is 0. The van der Waals surface area contributed by atoms with Crippen LogP contribution >= 0.6 is 11.6 Å². The van der Waals surface area contributed by atoms with E-state index in [1.54, 1.807) is 12.2 Å². The van der Waals surface area contributed by atoms with E-state index in [1.165, 1.54) is 12.1 Å². The Morgan fingerprint density at radius 1 is 1.53 bits per heavy atom. The monoisotopic (exact) mass is 229 g/mol. The van der Waals surface area contributed by atoms with Gasteiger partial charge >= 0.3 is 5.69 Å². The molecular formula is C10H9ClFNO2. The molecule has 3 nitrogen and oxygen atoms in total. The normalized spacial score (nSPS) is 10.8. The van der Waals surface area contributed by atoms with Gasteiger partial charge in [-0.25, -0.2) is 0 Å². The van der Waals surface area contributed by atoms with Crippen molar-refractivity contribution in [2.45, 2.75) is 6.42 Å². The fourth-order valence-electron chi connectivity index (χ4n) is 1.06. The summed E-state index contributed by atoms with van der Waals surface area (Å²) in [5.74, 6) is -0.339. The van der Waals surface area contributed by atoms with Crippen molar-refractivity contribution < 1.29 is 9.31 Å². The van der Waals surface area contributed by atoms with Crippen molar-refractivity contribution in [2.75, 3.05) is 5.88 Å². The van der Waals surface area contributed by atoms with E-state index < -0.39 is 16.4 Å². The van der Waals surface area contributed by atoms with Crippen LogP contribution in [-0.2, 0) is 0 Å². The van der Waals surface area contributed by atoms with Crippen LogP contribution in [0.15, 0.2) is 24.3 Å². The number of hydrogen-bond donors (Lipinski definition) is 0. The van der Waals surface area contributed by atoms with E-state index >= 15 is 0 Å². The summed E-state index contributed by atoms with van der Waals surface area (Å²) in [6.07, 6.45) is 4.13. The Hall–Kier alpha value is -1.42. The molecule has 1 aromatic rings. The van der Waals surface area contributed by atoms with Crippen molar-refractivity contribution in [2.24, 2.45) is 0 Å². The Balaban J connectivity index is 2.92. The van der Waals surface area contributed by atoms with Gasteiger partial charge < -0.3 is 0 Å². The Bertz CT molecular complexity index is 393. The maximum Gasteiger partial charge on any atom is 0.305 e. The molecule has 0 aromatic heterocycles. The van der Waals surface area contributed by atoms with Crippen LogP contribution in [0.25, 0.3) is 6.08 Å². The lowest BCUT2D eigenvalue weighted by Gasteiger charge is -1.96. The van der Waals surface area contributed by atoms with Gasteiger partial charge in [-0.05, 0) is 18.1 Å². The minimum absolute atomic E-state index is 0.486. The van der Waals surface area contributed by atoms with E-state index in [0.29, 0.717) is 17.9 Å². The molecule has 0 N–H and O–H groups in total. The first-order valence-corrected chi connectivity index (χ1v) is 4.85. The Morgan fingerprint density at radius 3 is 2.87 bits per heavy atom. The third-order valence-corrected chi connectivity index (χ3v) is 1.97. The number of halogens is 2. The minimum Gasteiger partial charge on any atom is -0.258 e. The van der Waals surface area contributed by atoms with E-state index in [0.717, 1.165) is 6.07 Å². The Labute approximate surface area is 91.3 Å². The van der Waals surface area contributed by atoms with E-state index in [9.17, 15) is 14.5 Å². The molecule has 15 heavy (non-hydrogen) atoms. The number of benzene rings is 1. The summed E-state index contributed by atoms with van der Waals surface area (Å²) < 4.78 is 12.9. The predicted octanol–water partition coefficient (Wildman–Crippen LogP) is 3.38. The second kappa shape index (κ2) is 5.46. The molecule has 0 unspecified atom stereocenters. The lowest BCUT2D eigenvalue weighted by Crippen LogP contribution is -1.92. The SMILES string of the molecule is O=[N+]([O-])c1cc(C=CCCCl)ccc1F. The molecule has 0 fully saturated rings. The zero-order chi connectivity index (χ0) is 11.3. The van der Waals surface area contributed by atoms with Crippen molar-refractivity contribution in [3.05, 3.63) is 45.8 Å². The molecule has 0 saturated heterocycles. The molecule has 0 radical (unpaired) electrons. The second-order valence-corrected chi connectivity index (χ2v) is 3.23. The van der Waals surface area contributed by atoms with Gasteiger partial charge in [0.1, 0.15) is 0 Å². The number of nitro groups is 1. The highest BCUT2D eigenvalue weighted by Gasteiger charge is 2.12. The van der Waals surface area contributed by atoms with Crippen molar-refractivity contribution in [3.8, 4) is 0 Å². The summed E-state index contributed by atoms with van der Waals surface area (Å²) >= 11 is 5.46. The number of allylic oxidation sites excluding steroid dienone is 1. The molecule has 0 heterocycles. The molecule has 0 atom stereocenters. The van der Waals surface area contributed by atoms with Crippen LogP contribution in [0.2, 0.25) is 0 Å². The molecule has 5 heteroatoms. The summed E-state index contributed by atoms with van der Waals surface area (Å²) in [4.78, 5) is 9.68. The van der Waals surface area contributed by atoms with Crippen molar-refractivity contribution in [1.82, 2.24) is 0 Å². The van der Waals surface area contributed by atoms with Crippen molar-refractivity contribution >= 4 is 23.4 Å². The van der Waals surface area contributed by atoms with Crippen molar-refractivity contribution in [3.63, 3.8) is 0 Å². The standard InChI is InChI=1S/C10H9ClFNO2/c11-6-2-1-3-8-4-5-9(12)10(7-8)13(14)15/h1,3-5,7H,2,6H2. The first-order chi connectivity index (χ1) is 7.15. The minimum atomic E-state index is -0.825. The van der Waals surface area contributed by atoms with E-state index in [2.05, 4.69) is 0 Å². The van der Waals surface area contributed by atoms with Gasteiger partial charge in [-0.2, -0.15) is 4.39 Å². The van der Waals surface area contributed by atoms with E-state index in [1.807, 2.05) is 0 Å². The smallest absolute Gasteiger partial charge is 0.258 e. The molecule has 80 valence electrons. The summed E-state index contributed by atoms with van der Waals surface area (Å²) in [6, 6.07) is 3.76. The van der Waals surface area contributed by atoms with Gasteiger partial charge in [0.05, 0.1) is 4.92 Å². The summed E-state index contributed by atoms with van der Waals surface area (Å²) in [5, 5.41) is 10.4. The highest BCUT2D eigenvalue weighted by atomic mass is 35.5. The molecule has 1 aromatic carbocycles.